The van der Waals surface area contributed by atoms with Gasteiger partial charge in [-0.25, -0.2) is 0 Å². The Balaban J connectivity index is 2.00. The van der Waals surface area contributed by atoms with Gasteiger partial charge >= 0.3 is 0 Å². The van der Waals surface area contributed by atoms with E-state index in [2.05, 4.69) is 17.5 Å². The predicted molar refractivity (Wildman–Crippen MR) is 66.3 cm³/mol. The van der Waals surface area contributed by atoms with Crippen molar-refractivity contribution in [1.29, 1.82) is 5.26 Å². The number of hydrogen-bond donors (Lipinski definition) is 1. The van der Waals surface area contributed by atoms with Crippen LogP contribution in [0.3, 0.4) is 0 Å². The van der Waals surface area contributed by atoms with Crippen LogP contribution in [-0.2, 0) is 6.54 Å². The molecule has 3 heteroatoms. The van der Waals surface area contributed by atoms with Gasteiger partial charge in [-0.05, 0) is 37.0 Å². The molecule has 1 aromatic carbocycles. The lowest BCUT2D eigenvalue weighted by molar-refractivity contribution is 0.414. The highest BCUT2D eigenvalue weighted by Crippen LogP contribution is 2.23. The quantitative estimate of drug-likeness (QED) is 0.861. The zero-order valence-electron chi connectivity index (χ0n) is 9.99. The molecular formula is C14H16N2O. The van der Waals surface area contributed by atoms with Crippen molar-refractivity contribution in [2.75, 3.05) is 7.11 Å². The van der Waals surface area contributed by atoms with Crippen molar-refractivity contribution in [2.24, 2.45) is 0 Å². The number of ether oxygens (including phenoxy) is 1. The molecular weight excluding hydrogens is 212 g/mol. The van der Waals surface area contributed by atoms with E-state index in [1.54, 1.807) is 7.11 Å². The van der Waals surface area contributed by atoms with Gasteiger partial charge in [0.1, 0.15) is 5.75 Å². The third kappa shape index (κ3) is 2.79. The Morgan fingerprint density at radius 2 is 2.29 bits per heavy atom. The molecule has 0 spiro atoms. The monoisotopic (exact) mass is 228 g/mol. The van der Waals surface area contributed by atoms with Gasteiger partial charge in [-0.2, -0.15) is 5.26 Å². The van der Waals surface area contributed by atoms with E-state index in [1.165, 1.54) is 5.56 Å². The van der Waals surface area contributed by atoms with Crippen LogP contribution in [0.15, 0.2) is 35.5 Å². The molecule has 0 atom stereocenters. The van der Waals surface area contributed by atoms with Crippen molar-refractivity contribution in [3.63, 3.8) is 0 Å². The molecule has 3 nitrogen and oxygen atoms in total. The van der Waals surface area contributed by atoms with Crippen LogP contribution in [0.25, 0.3) is 0 Å². The smallest absolute Gasteiger partial charge is 0.119 e. The maximum atomic E-state index is 8.95. The molecule has 0 radical (unpaired) electrons. The zero-order chi connectivity index (χ0) is 12.1. The minimum absolute atomic E-state index is 0.748. The van der Waals surface area contributed by atoms with E-state index in [-0.39, 0.29) is 0 Å². The standard InChI is InChI=1S/C14H16N2O/c1-17-13-6-2-4-11(8-13)10-16-14-7-3-5-12(14)9-15/h2,4,6,8,16H,3,5,7,10H2,1H3. The minimum atomic E-state index is 0.748. The normalized spacial score (nSPS) is 14.6. The van der Waals surface area contributed by atoms with E-state index in [0.29, 0.717) is 0 Å². The Labute approximate surface area is 102 Å². The largest absolute Gasteiger partial charge is 0.497 e. The highest BCUT2D eigenvalue weighted by atomic mass is 16.5. The van der Waals surface area contributed by atoms with Crippen LogP contribution in [0, 0.1) is 11.3 Å². The van der Waals surface area contributed by atoms with E-state index in [4.69, 9.17) is 10.00 Å². The van der Waals surface area contributed by atoms with Crippen LogP contribution in [0.2, 0.25) is 0 Å². The molecule has 1 aromatic rings. The average molecular weight is 228 g/mol. The summed E-state index contributed by atoms with van der Waals surface area (Å²) in [5.41, 5.74) is 3.18. The second kappa shape index (κ2) is 5.40. The zero-order valence-corrected chi connectivity index (χ0v) is 9.99. The van der Waals surface area contributed by atoms with E-state index in [9.17, 15) is 0 Å². The van der Waals surface area contributed by atoms with Crippen LogP contribution in [-0.4, -0.2) is 7.11 Å². The fraction of sp³-hybridized carbons (Fsp3) is 0.357. The molecule has 0 bridgehead atoms. The molecule has 17 heavy (non-hydrogen) atoms. The maximum absolute atomic E-state index is 8.95. The minimum Gasteiger partial charge on any atom is -0.497 e. The number of benzene rings is 1. The lowest BCUT2D eigenvalue weighted by Crippen LogP contribution is -2.12. The molecule has 0 heterocycles. The van der Waals surface area contributed by atoms with Crippen LogP contribution >= 0.6 is 0 Å². The number of rotatable bonds is 4. The summed E-state index contributed by atoms with van der Waals surface area (Å²) in [5, 5.41) is 12.3. The van der Waals surface area contributed by atoms with Crippen molar-refractivity contribution in [2.45, 2.75) is 25.8 Å². The van der Waals surface area contributed by atoms with Gasteiger partial charge in [0, 0.05) is 17.8 Å². The van der Waals surface area contributed by atoms with Crippen LogP contribution < -0.4 is 10.1 Å². The van der Waals surface area contributed by atoms with Crippen molar-refractivity contribution in [3.05, 3.63) is 41.1 Å². The SMILES string of the molecule is COc1cccc(CNC2=C(C#N)CCC2)c1. The second-order valence-corrected chi connectivity index (χ2v) is 4.13. The molecule has 0 saturated carbocycles. The van der Waals surface area contributed by atoms with Crippen molar-refractivity contribution in [1.82, 2.24) is 5.32 Å². The summed E-state index contributed by atoms with van der Waals surface area (Å²) in [6.45, 7) is 0.748. The first kappa shape index (κ1) is 11.5. The highest BCUT2D eigenvalue weighted by Gasteiger charge is 2.13. The summed E-state index contributed by atoms with van der Waals surface area (Å²) in [6.07, 6.45) is 2.99. The fourth-order valence-corrected chi connectivity index (χ4v) is 2.05. The molecule has 0 fully saturated rings. The van der Waals surface area contributed by atoms with Gasteiger partial charge in [-0.15, -0.1) is 0 Å². The Hall–Kier alpha value is -1.95. The summed E-state index contributed by atoms with van der Waals surface area (Å²) in [6, 6.07) is 10.2. The van der Waals surface area contributed by atoms with Gasteiger partial charge < -0.3 is 10.1 Å². The first-order valence-electron chi connectivity index (χ1n) is 5.82. The number of nitrogens with zero attached hydrogens (tertiary/aromatic N) is 1. The summed E-state index contributed by atoms with van der Waals surface area (Å²) < 4.78 is 5.18. The number of nitriles is 1. The van der Waals surface area contributed by atoms with Gasteiger partial charge in [-0.1, -0.05) is 12.1 Å². The first-order chi connectivity index (χ1) is 8.33. The Morgan fingerprint density at radius 3 is 3.06 bits per heavy atom. The van der Waals surface area contributed by atoms with E-state index >= 15 is 0 Å². The van der Waals surface area contributed by atoms with Gasteiger partial charge in [0.2, 0.25) is 0 Å². The van der Waals surface area contributed by atoms with E-state index in [0.717, 1.165) is 42.8 Å². The number of methoxy groups -OCH3 is 1. The van der Waals surface area contributed by atoms with Crippen molar-refractivity contribution < 1.29 is 4.74 Å². The van der Waals surface area contributed by atoms with Crippen LogP contribution in [0.5, 0.6) is 5.75 Å². The molecule has 0 saturated heterocycles. The van der Waals surface area contributed by atoms with E-state index < -0.39 is 0 Å². The van der Waals surface area contributed by atoms with Gasteiger partial charge in [0.15, 0.2) is 0 Å². The Bertz CT molecular complexity index is 471. The van der Waals surface area contributed by atoms with Crippen molar-refractivity contribution in [3.8, 4) is 11.8 Å². The second-order valence-electron chi connectivity index (χ2n) is 4.13. The fourth-order valence-electron chi connectivity index (χ4n) is 2.05. The predicted octanol–water partition coefficient (Wildman–Crippen LogP) is 2.75. The number of nitrogens with one attached hydrogen (secondary N) is 1. The Morgan fingerprint density at radius 1 is 1.41 bits per heavy atom. The summed E-state index contributed by atoms with van der Waals surface area (Å²) >= 11 is 0. The average Bonchev–Trinajstić information content (AvgIpc) is 2.84. The van der Waals surface area contributed by atoms with Gasteiger partial charge in [0.25, 0.3) is 0 Å². The molecule has 1 aliphatic carbocycles. The topological polar surface area (TPSA) is 45.0 Å². The number of hydrogen-bond acceptors (Lipinski definition) is 3. The molecule has 2 rings (SSSR count). The molecule has 0 amide bonds. The molecule has 0 unspecified atom stereocenters. The number of allylic oxidation sites excluding steroid dienone is 2. The summed E-state index contributed by atoms with van der Waals surface area (Å²) in [7, 11) is 1.67. The Kier molecular flexibility index (Phi) is 3.66. The third-order valence-electron chi connectivity index (χ3n) is 2.99. The lowest BCUT2D eigenvalue weighted by Gasteiger charge is -2.09. The van der Waals surface area contributed by atoms with Crippen molar-refractivity contribution >= 4 is 0 Å². The molecule has 0 aliphatic heterocycles. The van der Waals surface area contributed by atoms with Crippen LogP contribution in [0.4, 0.5) is 0 Å². The van der Waals surface area contributed by atoms with E-state index in [1.807, 2.05) is 18.2 Å². The maximum Gasteiger partial charge on any atom is 0.119 e. The lowest BCUT2D eigenvalue weighted by atomic mass is 10.2. The first-order valence-corrected chi connectivity index (χ1v) is 5.82. The summed E-state index contributed by atoms with van der Waals surface area (Å²) in [4.78, 5) is 0. The van der Waals surface area contributed by atoms with Gasteiger partial charge in [-0.3, -0.25) is 0 Å². The highest BCUT2D eigenvalue weighted by molar-refractivity contribution is 5.32. The molecule has 1 aliphatic rings. The third-order valence-corrected chi connectivity index (χ3v) is 2.99. The van der Waals surface area contributed by atoms with Crippen LogP contribution in [0.1, 0.15) is 24.8 Å². The molecule has 88 valence electrons. The van der Waals surface area contributed by atoms with Gasteiger partial charge in [0.05, 0.1) is 13.2 Å². The molecule has 1 N–H and O–H groups in total. The summed E-state index contributed by atoms with van der Waals surface area (Å²) in [5.74, 6) is 0.866. The molecule has 0 aromatic heterocycles.